The molecular formula is C27H35N5. The van der Waals surface area contributed by atoms with E-state index in [2.05, 4.69) is 91.1 Å². The van der Waals surface area contributed by atoms with Gasteiger partial charge in [-0.2, -0.15) is 0 Å². The van der Waals surface area contributed by atoms with Crippen molar-refractivity contribution >= 4 is 17.2 Å². The molecule has 0 saturated carbocycles. The van der Waals surface area contributed by atoms with E-state index in [-0.39, 0.29) is 0 Å². The van der Waals surface area contributed by atoms with Gasteiger partial charge in [-0.25, -0.2) is 9.97 Å². The van der Waals surface area contributed by atoms with E-state index >= 15 is 0 Å². The van der Waals surface area contributed by atoms with E-state index < -0.39 is 0 Å². The van der Waals surface area contributed by atoms with Crippen molar-refractivity contribution in [2.75, 3.05) is 32.7 Å². The lowest BCUT2D eigenvalue weighted by molar-refractivity contribution is 0.172. The van der Waals surface area contributed by atoms with Gasteiger partial charge in [-0.15, -0.1) is 0 Å². The topological polar surface area (TPSA) is 37.2 Å². The second-order valence-electron chi connectivity index (χ2n) is 8.89. The van der Waals surface area contributed by atoms with E-state index in [1.165, 1.54) is 22.4 Å². The quantitative estimate of drug-likeness (QED) is 0.539. The van der Waals surface area contributed by atoms with Crippen molar-refractivity contribution in [1.29, 1.82) is 0 Å². The van der Waals surface area contributed by atoms with Crippen LogP contribution < -0.4 is 0 Å². The molecule has 2 aromatic heterocycles. The number of benzene rings is 1. The van der Waals surface area contributed by atoms with Gasteiger partial charge >= 0.3 is 0 Å². The Morgan fingerprint density at radius 3 is 2.44 bits per heavy atom. The molecule has 1 fully saturated rings. The molecule has 32 heavy (non-hydrogen) atoms. The normalized spacial score (nSPS) is 15.2. The van der Waals surface area contributed by atoms with Crippen molar-refractivity contribution in [3.63, 3.8) is 0 Å². The SMILES string of the molecule is C=C(C)N1CCN(C/C=C/c2ccc(Cn3c(CC)nc4c(C)cc(C)nc43)cc2)CC1. The molecule has 0 radical (unpaired) electrons. The first-order valence-corrected chi connectivity index (χ1v) is 11.7. The number of hydrogen-bond acceptors (Lipinski definition) is 4. The predicted molar refractivity (Wildman–Crippen MR) is 134 cm³/mol. The minimum Gasteiger partial charge on any atom is -0.373 e. The van der Waals surface area contributed by atoms with Crippen LogP contribution in [0.4, 0.5) is 0 Å². The Bertz CT molecular complexity index is 1120. The highest BCUT2D eigenvalue weighted by Gasteiger charge is 2.15. The summed E-state index contributed by atoms with van der Waals surface area (Å²) in [5, 5.41) is 0. The Labute approximate surface area is 192 Å². The molecule has 1 saturated heterocycles. The van der Waals surface area contributed by atoms with Crippen LogP contribution in [0.2, 0.25) is 0 Å². The molecule has 4 rings (SSSR count). The summed E-state index contributed by atoms with van der Waals surface area (Å²) in [5.41, 5.74) is 7.95. The number of imidazole rings is 1. The maximum atomic E-state index is 4.86. The first-order valence-electron chi connectivity index (χ1n) is 11.7. The summed E-state index contributed by atoms with van der Waals surface area (Å²) in [5.74, 6) is 1.09. The molecule has 0 unspecified atom stereocenters. The minimum absolute atomic E-state index is 0.798. The lowest BCUT2D eigenvalue weighted by Gasteiger charge is -2.35. The Hall–Kier alpha value is -2.92. The van der Waals surface area contributed by atoms with Crippen molar-refractivity contribution < 1.29 is 0 Å². The van der Waals surface area contributed by atoms with Gasteiger partial charge < -0.3 is 9.47 Å². The molecule has 0 N–H and O–H groups in total. The zero-order valence-electron chi connectivity index (χ0n) is 19.9. The van der Waals surface area contributed by atoms with Gasteiger partial charge in [-0.1, -0.05) is 49.9 Å². The highest BCUT2D eigenvalue weighted by Crippen LogP contribution is 2.21. The number of aromatic nitrogens is 3. The number of fused-ring (bicyclic) bond motifs is 1. The van der Waals surface area contributed by atoms with Crippen molar-refractivity contribution in [3.8, 4) is 0 Å². The molecule has 0 bridgehead atoms. The van der Waals surface area contributed by atoms with Crippen LogP contribution in [-0.4, -0.2) is 57.1 Å². The maximum absolute atomic E-state index is 4.86. The first kappa shape index (κ1) is 22.3. The fraction of sp³-hybridized carbons (Fsp3) is 0.407. The molecule has 0 amide bonds. The van der Waals surface area contributed by atoms with Crippen LogP contribution in [0.25, 0.3) is 17.2 Å². The Morgan fingerprint density at radius 2 is 1.78 bits per heavy atom. The third kappa shape index (κ3) is 4.94. The fourth-order valence-electron chi connectivity index (χ4n) is 4.45. The summed E-state index contributed by atoms with van der Waals surface area (Å²) in [6.45, 7) is 18.6. The molecule has 0 spiro atoms. The number of nitrogens with zero attached hydrogens (tertiary/aromatic N) is 5. The first-order chi connectivity index (χ1) is 15.4. The van der Waals surface area contributed by atoms with Gasteiger partial charge in [0.1, 0.15) is 11.3 Å². The summed E-state index contributed by atoms with van der Waals surface area (Å²) < 4.78 is 2.27. The zero-order valence-corrected chi connectivity index (χ0v) is 19.9. The summed E-state index contributed by atoms with van der Waals surface area (Å²) in [4.78, 5) is 14.5. The lowest BCUT2D eigenvalue weighted by Crippen LogP contribution is -2.45. The average molecular weight is 430 g/mol. The van der Waals surface area contributed by atoms with Gasteiger partial charge in [-0.3, -0.25) is 4.90 Å². The Balaban J connectivity index is 1.40. The van der Waals surface area contributed by atoms with Gasteiger partial charge in [0.05, 0.1) is 6.54 Å². The number of allylic oxidation sites excluding steroid dienone is 1. The van der Waals surface area contributed by atoms with E-state index in [4.69, 9.17) is 9.97 Å². The number of rotatable bonds is 7. The Morgan fingerprint density at radius 1 is 1.06 bits per heavy atom. The van der Waals surface area contributed by atoms with Crippen LogP contribution >= 0.6 is 0 Å². The maximum Gasteiger partial charge on any atom is 0.160 e. The standard InChI is InChI=1S/C27H35N5/c1-6-25-29-26-21(4)18-22(5)28-27(26)32(25)19-24-11-9-23(10-12-24)8-7-13-30-14-16-31(17-15-30)20(2)3/h7-12,18H,2,6,13-17,19H2,1,3-5H3/b8-7+. The Kier molecular flexibility index (Phi) is 6.75. The van der Waals surface area contributed by atoms with E-state index in [1.807, 2.05) is 0 Å². The molecule has 168 valence electrons. The highest BCUT2D eigenvalue weighted by atomic mass is 15.3. The lowest BCUT2D eigenvalue weighted by atomic mass is 10.1. The van der Waals surface area contributed by atoms with Crippen LogP contribution in [0.3, 0.4) is 0 Å². The second kappa shape index (κ2) is 9.70. The van der Waals surface area contributed by atoms with Crippen LogP contribution in [0.5, 0.6) is 0 Å². The summed E-state index contributed by atoms with van der Waals surface area (Å²) in [6, 6.07) is 11.0. The third-order valence-electron chi connectivity index (χ3n) is 6.32. The molecule has 3 heterocycles. The van der Waals surface area contributed by atoms with E-state index in [0.29, 0.717) is 0 Å². The van der Waals surface area contributed by atoms with Gasteiger partial charge in [0.15, 0.2) is 5.65 Å². The van der Waals surface area contributed by atoms with Crippen molar-refractivity contribution in [3.05, 3.63) is 76.9 Å². The van der Waals surface area contributed by atoms with Crippen molar-refractivity contribution in [1.82, 2.24) is 24.3 Å². The summed E-state index contributed by atoms with van der Waals surface area (Å²) in [6.07, 6.45) is 5.41. The second-order valence-corrected chi connectivity index (χ2v) is 8.89. The summed E-state index contributed by atoms with van der Waals surface area (Å²) >= 11 is 0. The van der Waals surface area contributed by atoms with Crippen LogP contribution in [-0.2, 0) is 13.0 Å². The monoisotopic (exact) mass is 429 g/mol. The van der Waals surface area contributed by atoms with Gasteiger partial charge in [0.25, 0.3) is 0 Å². The molecular weight excluding hydrogens is 394 g/mol. The number of pyridine rings is 1. The van der Waals surface area contributed by atoms with Gasteiger partial charge in [-0.05, 0) is 43.5 Å². The zero-order chi connectivity index (χ0) is 22.7. The largest absolute Gasteiger partial charge is 0.373 e. The predicted octanol–water partition coefficient (Wildman–Crippen LogP) is 4.82. The molecule has 5 nitrogen and oxygen atoms in total. The van der Waals surface area contributed by atoms with Crippen LogP contribution in [0.1, 0.15) is 42.1 Å². The van der Waals surface area contributed by atoms with Crippen LogP contribution in [0, 0.1) is 13.8 Å². The van der Waals surface area contributed by atoms with Crippen molar-refractivity contribution in [2.24, 2.45) is 0 Å². The summed E-state index contributed by atoms with van der Waals surface area (Å²) in [7, 11) is 0. The van der Waals surface area contributed by atoms with E-state index in [9.17, 15) is 0 Å². The van der Waals surface area contributed by atoms with Crippen LogP contribution in [0.15, 0.2) is 48.7 Å². The van der Waals surface area contributed by atoms with Crippen molar-refractivity contribution in [2.45, 2.75) is 40.7 Å². The molecule has 1 aliphatic rings. The number of aryl methyl sites for hydroxylation is 3. The molecule has 0 aliphatic carbocycles. The van der Waals surface area contributed by atoms with Gasteiger partial charge in [0.2, 0.25) is 0 Å². The number of hydrogen-bond donors (Lipinski definition) is 0. The highest BCUT2D eigenvalue weighted by molar-refractivity contribution is 5.76. The third-order valence-corrected chi connectivity index (χ3v) is 6.32. The fourth-order valence-corrected chi connectivity index (χ4v) is 4.45. The molecule has 5 heteroatoms. The van der Waals surface area contributed by atoms with E-state index in [1.54, 1.807) is 0 Å². The molecule has 1 aromatic carbocycles. The average Bonchev–Trinajstić information content (AvgIpc) is 3.13. The smallest absolute Gasteiger partial charge is 0.160 e. The van der Waals surface area contributed by atoms with E-state index in [0.717, 1.165) is 68.4 Å². The molecule has 3 aromatic rings. The number of piperazine rings is 1. The molecule has 1 aliphatic heterocycles. The molecule has 0 atom stereocenters. The minimum atomic E-state index is 0.798. The van der Waals surface area contributed by atoms with Gasteiger partial charge in [0, 0.05) is 50.5 Å².